The van der Waals surface area contributed by atoms with Crippen LogP contribution in [0.5, 0.6) is 0 Å². The molecule has 0 N–H and O–H groups in total. The van der Waals surface area contributed by atoms with Crippen LogP contribution in [0, 0.1) is 14.9 Å². The summed E-state index contributed by atoms with van der Waals surface area (Å²) < 4.78 is 1.32. The summed E-state index contributed by atoms with van der Waals surface area (Å²) in [6.07, 6.45) is 6.83. The molecule has 0 heterocycles. The summed E-state index contributed by atoms with van der Waals surface area (Å²) in [5.74, 6) is 0.871. The average Bonchev–Trinajstić information content (AvgIpc) is 2.93. The van der Waals surface area contributed by atoms with Crippen LogP contribution >= 0.6 is 54.5 Å². The van der Waals surface area contributed by atoms with Crippen LogP contribution in [0.25, 0.3) is 0 Å². The third-order valence-corrected chi connectivity index (χ3v) is 7.18. The van der Waals surface area contributed by atoms with Gasteiger partial charge in [0.1, 0.15) is 0 Å². The van der Waals surface area contributed by atoms with Gasteiger partial charge in [0.05, 0.1) is 0 Å². The van der Waals surface area contributed by atoms with Gasteiger partial charge in [0.25, 0.3) is 0 Å². The molecule has 3 heteroatoms. The Morgan fingerprint density at radius 1 is 1.06 bits per heavy atom. The highest BCUT2D eigenvalue weighted by Crippen LogP contribution is 2.44. The minimum Gasteiger partial charge on any atom is -0.0921 e. The molecule has 0 aliphatic heterocycles. The number of hydrogen-bond acceptors (Lipinski definition) is 0. The van der Waals surface area contributed by atoms with Crippen LogP contribution in [-0.2, 0) is 6.42 Å². The molecule has 0 amide bonds. The maximum atomic E-state index is 3.78. The summed E-state index contributed by atoms with van der Waals surface area (Å²) in [5, 5.41) is 2.20. The zero-order valence-electron chi connectivity index (χ0n) is 10.5. The van der Waals surface area contributed by atoms with Gasteiger partial charge in [-0.05, 0) is 70.9 Å². The van der Waals surface area contributed by atoms with E-state index in [1.165, 1.54) is 41.2 Å². The predicted octanol–water partition coefficient (Wildman–Crippen LogP) is 5.80. The van der Waals surface area contributed by atoms with Crippen LogP contribution in [0.2, 0.25) is 0 Å². The standard InChI is InChI=1S/C15H19Br2I/c16-10-15(11-17,13-3-1-2-4-13)9-12-5-7-14(18)8-6-12/h5-8,13H,1-4,9-11H2. The van der Waals surface area contributed by atoms with E-state index in [2.05, 4.69) is 78.7 Å². The van der Waals surface area contributed by atoms with Crippen molar-refractivity contribution in [1.29, 1.82) is 0 Å². The van der Waals surface area contributed by atoms with Crippen molar-refractivity contribution in [2.24, 2.45) is 11.3 Å². The molecule has 2 rings (SSSR count). The molecule has 18 heavy (non-hydrogen) atoms. The van der Waals surface area contributed by atoms with Crippen molar-refractivity contribution in [3.05, 3.63) is 33.4 Å². The van der Waals surface area contributed by atoms with Crippen LogP contribution in [-0.4, -0.2) is 10.7 Å². The lowest BCUT2D eigenvalue weighted by Gasteiger charge is -2.36. The lowest BCUT2D eigenvalue weighted by molar-refractivity contribution is 0.233. The molecule has 1 aliphatic carbocycles. The van der Waals surface area contributed by atoms with Crippen molar-refractivity contribution < 1.29 is 0 Å². The van der Waals surface area contributed by atoms with Gasteiger partial charge < -0.3 is 0 Å². The Balaban J connectivity index is 2.16. The Bertz CT molecular complexity index is 365. The van der Waals surface area contributed by atoms with E-state index in [9.17, 15) is 0 Å². The molecule has 1 fully saturated rings. The maximum Gasteiger partial charge on any atom is 0.0130 e. The zero-order valence-corrected chi connectivity index (χ0v) is 15.8. The summed E-state index contributed by atoms with van der Waals surface area (Å²) in [5.41, 5.74) is 1.87. The lowest BCUT2D eigenvalue weighted by Crippen LogP contribution is -2.35. The highest BCUT2D eigenvalue weighted by molar-refractivity contribution is 14.1. The number of alkyl halides is 2. The summed E-state index contributed by atoms with van der Waals surface area (Å²) in [6, 6.07) is 9.02. The number of halogens is 3. The molecule has 0 nitrogen and oxygen atoms in total. The minimum atomic E-state index is 0.392. The van der Waals surface area contributed by atoms with Crippen molar-refractivity contribution in [2.75, 3.05) is 10.7 Å². The minimum absolute atomic E-state index is 0.392. The van der Waals surface area contributed by atoms with Crippen LogP contribution < -0.4 is 0 Å². The molecule has 1 aliphatic rings. The summed E-state index contributed by atoms with van der Waals surface area (Å²) in [4.78, 5) is 0. The molecular formula is C15H19Br2I. The van der Waals surface area contributed by atoms with Gasteiger partial charge in [0.2, 0.25) is 0 Å². The highest BCUT2D eigenvalue weighted by Gasteiger charge is 2.38. The normalized spacial score (nSPS) is 17.3. The Morgan fingerprint density at radius 3 is 2.11 bits per heavy atom. The van der Waals surface area contributed by atoms with Crippen molar-refractivity contribution >= 4 is 54.5 Å². The van der Waals surface area contributed by atoms with E-state index in [0.29, 0.717) is 5.41 Å². The van der Waals surface area contributed by atoms with E-state index >= 15 is 0 Å². The van der Waals surface area contributed by atoms with Crippen molar-refractivity contribution in [3.63, 3.8) is 0 Å². The third-order valence-electron chi connectivity index (χ3n) is 4.22. The van der Waals surface area contributed by atoms with Crippen LogP contribution in [0.3, 0.4) is 0 Å². The fraction of sp³-hybridized carbons (Fsp3) is 0.600. The molecule has 1 aromatic rings. The first-order valence-electron chi connectivity index (χ1n) is 6.56. The van der Waals surface area contributed by atoms with Crippen LogP contribution in [0.15, 0.2) is 24.3 Å². The molecule has 100 valence electrons. The van der Waals surface area contributed by atoms with E-state index in [0.717, 1.165) is 16.6 Å². The van der Waals surface area contributed by atoms with Crippen LogP contribution in [0.4, 0.5) is 0 Å². The fourth-order valence-electron chi connectivity index (χ4n) is 3.04. The summed E-state index contributed by atoms with van der Waals surface area (Å²) >= 11 is 9.94. The maximum absolute atomic E-state index is 3.78. The molecule has 1 aromatic carbocycles. The Hall–Kier alpha value is 0.910. The molecule has 1 saturated carbocycles. The fourth-order valence-corrected chi connectivity index (χ4v) is 5.64. The number of hydrogen-bond donors (Lipinski definition) is 0. The average molecular weight is 486 g/mol. The van der Waals surface area contributed by atoms with Crippen molar-refractivity contribution in [2.45, 2.75) is 32.1 Å². The Kier molecular flexibility index (Phi) is 6.01. The van der Waals surface area contributed by atoms with E-state index in [1.807, 2.05) is 0 Å². The van der Waals surface area contributed by atoms with Gasteiger partial charge in [-0.1, -0.05) is 56.8 Å². The molecule has 0 bridgehead atoms. The molecule has 0 saturated heterocycles. The highest BCUT2D eigenvalue weighted by atomic mass is 127. The van der Waals surface area contributed by atoms with E-state index in [1.54, 1.807) is 0 Å². The molecule has 0 aromatic heterocycles. The molecule has 0 atom stereocenters. The van der Waals surface area contributed by atoms with Crippen molar-refractivity contribution in [1.82, 2.24) is 0 Å². The number of benzene rings is 1. The van der Waals surface area contributed by atoms with Crippen LogP contribution in [0.1, 0.15) is 31.2 Å². The summed E-state index contributed by atoms with van der Waals surface area (Å²) in [7, 11) is 0. The van der Waals surface area contributed by atoms with E-state index in [4.69, 9.17) is 0 Å². The SMILES string of the molecule is BrCC(CBr)(Cc1ccc(I)cc1)C1CCCC1. The van der Waals surface area contributed by atoms with E-state index in [-0.39, 0.29) is 0 Å². The van der Waals surface area contributed by atoms with Gasteiger partial charge in [-0.2, -0.15) is 0 Å². The monoisotopic (exact) mass is 484 g/mol. The van der Waals surface area contributed by atoms with Crippen molar-refractivity contribution in [3.8, 4) is 0 Å². The quantitative estimate of drug-likeness (QED) is 0.365. The second-order valence-corrected chi connectivity index (χ2v) is 7.78. The summed E-state index contributed by atoms with van der Waals surface area (Å²) in [6.45, 7) is 0. The Labute approximate surface area is 141 Å². The topological polar surface area (TPSA) is 0 Å². The van der Waals surface area contributed by atoms with Gasteiger partial charge in [-0.15, -0.1) is 0 Å². The smallest absolute Gasteiger partial charge is 0.0130 e. The first-order valence-corrected chi connectivity index (χ1v) is 9.89. The van der Waals surface area contributed by atoms with Gasteiger partial charge >= 0.3 is 0 Å². The first kappa shape index (κ1) is 15.3. The van der Waals surface area contributed by atoms with Gasteiger partial charge in [-0.3, -0.25) is 0 Å². The largest absolute Gasteiger partial charge is 0.0921 e. The second kappa shape index (κ2) is 7.07. The molecule has 0 unspecified atom stereocenters. The lowest BCUT2D eigenvalue weighted by atomic mass is 9.73. The van der Waals surface area contributed by atoms with Gasteiger partial charge in [0.15, 0.2) is 0 Å². The van der Waals surface area contributed by atoms with E-state index < -0.39 is 0 Å². The molecule has 0 radical (unpaired) electrons. The first-order chi connectivity index (χ1) is 8.70. The zero-order chi connectivity index (χ0) is 13.0. The third kappa shape index (κ3) is 3.51. The Morgan fingerprint density at radius 2 is 1.61 bits per heavy atom. The molecule has 0 spiro atoms. The molecular weight excluding hydrogens is 467 g/mol. The second-order valence-electron chi connectivity index (χ2n) is 5.41. The van der Waals surface area contributed by atoms with Gasteiger partial charge in [-0.25, -0.2) is 0 Å². The van der Waals surface area contributed by atoms with Gasteiger partial charge in [0, 0.05) is 14.2 Å². The number of rotatable bonds is 5. The predicted molar refractivity (Wildman–Crippen MR) is 94.8 cm³/mol.